The molecule has 11 heteroatoms. The van der Waals surface area contributed by atoms with Crippen molar-refractivity contribution in [2.24, 2.45) is 0 Å². The van der Waals surface area contributed by atoms with E-state index in [1.165, 1.54) is 28.2 Å². The predicted octanol–water partition coefficient (Wildman–Crippen LogP) is 23.2. The largest absolute Gasteiger partial charge is 0.477 e. The molecule has 17 rings (SSSR count). The van der Waals surface area contributed by atoms with Crippen LogP contribution in [0.2, 0.25) is 0 Å². The molecule has 15 aromatic rings. The number of rotatable bonds is 16. The summed E-state index contributed by atoms with van der Waals surface area (Å²) >= 11 is 1.48. The van der Waals surface area contributed by atoms with Gasteiger partial charge in [-0.25, -0.2) is 24.7 Å². The number of nitrogens with one attached hydrogen (secondary N) is 2. The Morgan fingerprint density at radius 2 is 0.861 bits per heavy atom. The number of benzene rings is 9. The Kier molecular flexibility index (Phi) is 16.2. The molecular weight excluding hydrogens is 1260 g/mol. The van der Waals surface area contributed by atoms with Crippen molar-refractivity contribution in [3.63, 3.8) is 0 Å². The second-order valence-corrected chi connectivity index (χ2v) is 26.6. The monoisotopic (exact) mass is 1320 g/mol. The molecule has 2 aliphatic heterocycles. The normalized spacial score (nSPS) is 12.1. The molecule has 0 fully saturated rings. The first-order valence-electron chi connectivity index (χ1n) is 34.2. The summed E-state index contributed by atoms with van der Waals surface area (Å²) in [6, 6.07) is 93.2. The van der Waals surface area contributed by atoms with Crippen LogP contribution in [0.3, 0.4) is 0 Å². The average molecular weight is 1320 g/mol. The molecule has 0 radical (unpaired) electrons. The van der Waals surface area contributed by atoms with Crippen molar-refractivity contribution in [1.29, 1.82) is 5.26 Å². The van der Waals surface area contributed by atoms with Crippen LogP contribution in [0, 0.1) is 11.3 Å². The molecule has 9 aromatic carbocycles. The van der Waals surface area contributed by atoms with Crippen LogP contribution < -0.4 is 0 Å². The Balaban J connectivity index is 0.856. The lowest BCUT2D eigenvalue weighted by atomic mass is 9.95. The number of aromatic amines is 2. The first-order valence-corrected chi connectivity index (χ1v) is 35.0. The van der Waals surface area contributed by atoms with E-state index in [4.69, 9.17) is 19.9 Å². The summed E-state index contributed by atoms with van der Waals surface area (Å²) in [6.45, 7) is 2.19. The maximum absolute atomic E-state index is 12.3. The van der Waals surface area contributed by atoms with E-state index >= 15 is 0 Å². The zero-order valence-corrected chi connectivity index (χ0v) is 56.0. The van der Waals surface area contributed by atoms with Crippen molar-refractivity contribution in [1.82, 2.24) is 34.5 Å². The van der Waals surface area contributed by atoms with Gasteiger partial charge < -0.3 is 19.6 Å². The topological polar surface area (TPSA) is 149 Å². The highest BCUT2D eigenvalue weighted by Crippen LogP contribution is 2.45. The van der Waals surface area contributed by atoms with Crippen LogP contribution in [-0.4, -0.2) is 45.5 Å². The summed E-state index contributed by atoms with van der Waals surface area (Å²) in [5.74, 6) is -1.25. The number of unbranched alkanes of at least 4 members (excludes halogenated alkanes) is 3. The number of carbonyl (C=O) groups is 1. The van der Waals surface area contributed by atoms with Crippen LogP contribution in [-0.2, 0) is 11.2 Å². The van der Waals surface area contributed by atoms with Gasteiger partial charge in [0.15, 0.2) is 0 Å². The number of nitriles is 1. The van der Waals surface area contributed by atoms with E-state index in [9.17, 15) is 15.2 Å². The van der Waals surface area contributed by atoms with Gasteiger partial charge in [-0.05, 0) is 131 Å². The van der Waals surface area contributed by atoms with Crippen LogP contribution in [0.5, 0.6) is 0 Å². The van der Waals surface area contributed by atoms with Gasteiger partial charge in [-0.3, -0.25) is 0 Å². The fourth-order valence-corrected chi connectivity index (χ4v) is 15.7. The van der Waals surface area contributed by atoms with E-state index in [-0.39, 0.29) is 5.57 Å². The summed E-state index contributed by atoms with van der Waals surface area (Å²) in [5, 5.41) is 22.5. The van der Waals surface area contributed by atoms with Gasteiger partial charge in [0.25, 0.3) is 0 Å². The van der Waals surface area contributed by atoms with Crippen LogP contribution in [0.1, 0.15) is 65.8 Å². The van der Waals surface area contributed by atoms with E-state index in [1.807, 2.05) is 54.6 Å². The Hall–Kier alpha value is -12.9. The lowest BCUT2D eigenvalue weighted by Crippen LogP contribution is -1.98. The molecule has 0 spiro atoms. The van der Waals surface area contributed by atoms with Crippen LogP contribution in [0.4, 0.5) is 0 Å². The Morgan fingerprint density at radius 3 is 1.32 bits per heavy atom. The number of para-hydroxylation sites is 2. The number of H-pyrrole nitrogens is 2. The van der Waals surface area contributed by atoms with Crippen LogP contribution in [0.25, 0.3) is 180 Å². The number of carboxylic acids is 1. The van der Waals surface area contributed by atoms with E-state index in [0.717, 1.165) is 193 Å². The van der Waals surface area contributed by atoms with Gasteiger partial charge >= 0.3 is 5.97 Å². The SMILES string of the molecule is CCCCCCc1cc(-c2ccc(-c3ccc(-c4c5nc(c(-c6ccccc6)c6ccc([nH]6)c(-c6ccc(-n7c8ccccc8c8ccccc87)cc6)c6nc(c(-c7ccccc7)c7ccc4[nH]7)C=C6)C=C5)cc3)c3nc(-c4ccccc4)c(-c4ccccc4)nc23)sc1/C=C(/C#N)C(=O)O. The van der Waals surface area contributed by atoms with Gasteiger partial charge in [0.05, 0.1) is 56.2 Å². The molecule has 0 saturated heterocycles. The molecule has 0 saturated carbocycles. The fourth-order valence-electron chi connectivity index (χ4n) is 14.5. The average Bonchev–Trinajstić information content (AvgIpc) is 1.75. The molecule has 2 aliphatic rings. The van der Waals surface area contributed by atoms with E-state index in [1.54, 1.807) is 0 Å². The number of fused-ring (bicyclic) bond motifs is 12. The van der Waals surface area contributed by atoms with Gasteiger partial charge in [-0.15, -0.1) is 11.3 Å². The van der Waals surface area contributed by atoms with E-state index in [0.29, 0.717) is 11.0 Å². The number of hydrogen-bond acceptors (Lipinski definition) is 7. The second kappa shape index (κ2) is 26.5. The summed E-state index contributed by atoms with van der Waals surface area (Å²) < 4.78 is 2.35. The van der Waals surface area contributed by atoms with Gasteiger partial charge in [0, 0.05) is 92.8 Å². The Labute approximate surface area is 587 Å². The molecule has 0 unspecified atom stereocenters. The number of carboxylic acid groups (broad SMARTS) is 1. The number of aliphatic carboxylic acids is 1. The highest BCUT2D eigenvalue weighted by Gasteiger charge is 2.24. The first-order chi connectivity index (χ1) is 49.8. The Bertz CT molecular complexity index is 5980. The van der Waals surface area contributed by atoms with Crippen LogP contribution >= 0.6 is 11.3 Å². The third-order valence-corrected chi connectivity index (χ3v) is 20.5. The van der Waals surface area contributed by atoms with Crippen molar-refractivity contribution >= 4 is 103 Å². The van der Waals surface area contributed by atoms with Crippen LogP contribution in [0.15, 0.2) is 266 Å². The van der Waals surface area contributed by atoms with Crippen molar-refractivity contribution < 1.29 is 9.90 Å². The molecule has 3 N–H and O–H groups in total. The first kappa shape index (κ1) is 61.7. The Morgan fingerprint density at radius 1 is 0.455 bits per heavy atom. The number of nitrogens with zero attached hydrogens (tertiary/aromatic N) is 6. The molecule has 0 amide bonds. The second-order valence-electron chi connectivity index (χ2n) is 25.5. The predicted molar refractivity (Wildman–Crippen MR) is 417 cm³/mol. The molecule has 6 aromatic heterocycles. The maximum atomic E-state index is 12.3. The fraction of sp³-hybridized carbons (Fsp3) is 0.0667. The van der Waals surface area contributed by atoms with Gasteiger partial charge in [-0.2, -0.15) is 5.26 Å². The molecule has 0 aliphatic carbocycles. The smallest absolute Gasteiger partial charge is 0.346 e. The van der Waals surface area contributed by atoms with Crippen molar-refractivity contribution in [2.45, 2.75) is 39.0 Å². The van der Waals surface area contributed by atoms with Crippen molar-refractivity contribution in [2.75, 3.05) is 0 Å². The highest BCUT2D eigenvalue weighted by molar-refractivity contribution is 7.16. The van der Waals surface area contributed by atoms with Gasteiger partial charge in [-0.1, -0.05) is 232 Å². The highest BCUT2D eigenvalue weighted by atomic mass is 32.1. The number of aryl methyl sites for hydroxylation is 1. The van der Waals surface area contributed by atoms with E-state index < -0.39 is 5.97 Å². The van der Waals surface area contributed by atoms with Crippen molar-refractivity contribution in [3.8, 4) is 100 Å². The zero-order chi connectivity index (χ0) is 67.9. The summed E-state index contributed by atoms with van der Waals surface area (Å²) in [5.41, 5.74) is 26.2. The number of aromatic nitrogens is 7. The minimum absolute atomic E-state index is 0.305. The minimum Gasteiger partial charge on any atom is -0.477 e. The lowest BCUT2D eigenvalue weighted by molar-refractivity contribution is -0.132. The molecule has 0 atom stereocenters. The third-order valence-electron chi connectivity index (χ3n) is 19.3. The number of hydrogen-bond donors (Lipinski definition) is 3. The van der Waals surface area contributed by atoms with Crippen molar-refractivity contribution in [3.05, 3.63) is 300 Å². The minimum atomic E-state index is -1.25. The summed E-state index contributed by atoms with van der Waals surface area (Å²) in [4.78, 5) is 44.5. The molecule has 8 heterocycles. The zero-order valence-electron chi connectivity index (χ0n) is 55.2. The third kappa shape index (κ3) is 11.5. The number of thiophene rings is 1. The maximum Gasteiger partial charge on any atom is 0.346 e. The van der Waals surface area contributed by atoms with E-state index in [2.05, 4.69) is 258 Å². The molecule has 8 bridgehead atoms. The summed E-state index contributed by atoms with van der Waals surface area (Å²) in [6.07, 6.45) is 15.0. The molecule has 10 nitrogen and oxygen atoms in total. The molecule has 101 heavy (non-hydrogen) atoms. The van der Waals surface area contributed by atoms with Gasteiger partial charge in [0.1, 0.15) is 11.6 Å². The quantitative estimate of drug-likeness (QED) is 0.0495. The molecular formula is C90H64N8O2S. The standard InChI is InChI=1S/C90H64N8O2S/c1-2-3-4-9-30-63-53-81(101-80(63)54-64(55-91)90(99)100)69-44-43-66(88-89(69)97-87(62-28-16-8-17-29-62)86(96-88)61-26-14-7-15-27-61)56-35-37-59(38-36-56)84-74-49-45-70(92-74)82(57-22-10-5-11-23-57)72-47-51-76(94-72)85(77-52-48-73(95-77)83(58-24-12-6-13-25-58)71-46-50-75(84)93-71)60-39-41-65(42-40-60)98-78-33-20-18-31-67(78)68-32-19-21-34-79(68)98/h5-8,10-29,31-54,92,95H,2-4,9,30H2,1H3,(H,99,100)/b64-54-,82-70?,82-72?,83-71?,83-73?,84-74?,84-75?,85-76?,85-77?. The van der Waals surface area contributed by atoms with Gasteiger partial charge in [0.2, 0.25) is 0 Å². The molecule has 482 valence electrons. The summed E-state index contributed by atoms with van der Waals surface area (Å²) in [7, 11) is 0. The lowest BCUT2D eigenvalue weighted by Gasteiger charge is -2.15.